The van der Waals surface area contributed by atoms with E-state index in [1.54, 1.807) is 0 Å². The second kappa shape index (κ2) is 7.51. The van der Waals surface area contributed by atoms with Crippen molar-refractivity contribution in [3.05, 3.63) is 0 Å². The van der Waals surface area contributed by atoms with Gasteiger partial charge in [0.05, 0.1) is 6.10 Å². The van der Waals surface area contributed by atoms with Crippen molar-refractivity contribution in [2.75, 3.05) is 24.7 Å². The minimum absolute atomic E-state index is 0.127. The second-order valence-corrected chi connectivity index (χ2v) is 4.97. The van der Waals surface area contributed by atoms with E-state index in [-0.39, 0.29) is 6.10 Å². The number of thioether (sulfide) groups is 1. The zero-order valence-corrected chi connectivity index (χ0v) is 9.43. The highest BCUT2D eigenvalue weighted by Crippen LogP contribution is 2.18. The van der Waals surface area contributed by atoms with Crippen LogP contribution in [0.15, 0.2) is 0 Å². The number of rotatable bonds is 7. The normalized spacial score (nSPS) is 27.0. The summed E-state index contributed by atoms with van der Waals surface area (Å²) in [5.41, 5.74) is 0. The van der Waals surface area contributed by atoms with Gasteiger partial charge in [-0.05, 0) is 31.4 Å². The van der Waals surface area contributed by atoms with Crippen molar-refractivity contribution < 1.29 is 10.2 Å². The third-order valence-corrected chi connectivity index (χ3v) is 3.65. The van der Waals surface area contributed by atoms with Crippen LogP contribution in [0, 0.1) is 0 Å². The first kappa shape index (κ1) is 12.3. The van der Waals surface area contributed by atoms with Gasteiger partial charge in [-0.2, -0.15) is 11.8 Å². The van der Waals surface area contributed by atoms with E-state index in [1.807, 2.05) is 11.8 Å². The van der Waals surface area contributed by atoms with E-state index in [9.17, 15) is 5.11 Å². The molecule has 0 spiro atoms. The average molecular weight is 219 g/mol. The standard InChI is InChI=1S/C10H21NO2S/c12-6-2-7-14-8-5-11-9-3-1-4-10(9)13/h9-13H,1-8H2. The van der Waals surface area contributed by atoms with Gasteiger partial charge in [0.2, 0.25) is 0 Å². The average Bonchev–Trinajstić information content (AvgIpc) is 2.58. The molecule has 1 saturated carbocycles. The molecule has 0 aromatic rings. The summed E-state index contributed by atoms with van der Waals surface area (Å²) in [6, 6.07) is 0.327. The van der Waals surface area contributed by atoms with Crippen LogP contribution in [0.3, 0.4) is 0 Å². The summed E-state index contributed by atoms with van der Waals surface area (Å²) in [6.45, 7) is 1.26. The zero-order valence-electron chi connectivity index (χ0n) is 8.61. The van der Waals surface area contributed by atoms with Crippen molar-refractivity contribution in [2.24, 2.45) is 0 Å². The number of aliphatic hydroxyl groups excluding tert-OH is 2. The van der Waals surface area contributed by atoms with E-state index in [0.717, 1.165) is 43.7 Å². The maximum Gasteiger partial charge on any atom is 0.0693 e. The smallest absolute Gasteiger partial charge is 0.0693 e. The van der Waals surface area contributed by atoms with E-state index in [4.69, 9.17) is 5.11 Å². The predicted octanol–water partition coefficient (Wildman–Crippen LogP) is 0.605. The first-order chi connectivity index (χ1) is 6.84. The topological polar surface area (TPSA) is 52.5 Å². The summed E-state index contributed by atoms with van der Waals surface area (Å²) in [7, 11) is 0. The van der Waals surface area contributed by atoms with Crippen LogP contribution >= 0.6 is 11.8 Å². The fourth-order valence-electron chi connectivity index (χ4n) is 1.76. The summed E-state index contributed by atoms with van der Waals surface area (Å²) in [4.78, 5) is 0. The summed E-state index contributed by atoms with van der Waals surface area (Å²) in [5, 5.41) is 21.5. The highest BCUT2D eigenvalue weighted by atomic mass is 32.2. The summed E-state index contributed by atoms with van der Waals surface area (Å²) < 4.78 is 0. The van der Waals surface area contributed by atoms with Crippen molar-refractivity contribution in [1.29, 1.82) is 0 Å². The first-order valence-electron chi connectivity index (χ1n) is 5.44. The lowest BCUT2D eigenvalue weighted by atomic mass is 10.2. The number of hydrogen-bond acceptors (Lipinski definition) is 4. The Kier molecular flexibility index (Phi) is 6.60. The van der Waals surface area contributed by atoms with Gasteiger partial charge in [-0.3, -0.25) is 0 Å². The molecule has 2 atom stereocenters. The molecule has 0 amide bonds. The largest absolute Gasteiger partial charge is 0.396 e. The number of aliphatic hydroxyl groups is 2. The van der Waals surface area contributed by atoms with Crippen molar-refractivity contribution in [1.82, 2.24) is 5.32 Å². The SMILES string of the molecule is OCCCSCCNC1CCCC1O. The second-order valence-electron chi connectivity index (χ2n) is 3.75. The molecular formula is C10H21NO2S. The van der Waals surface area contributed by atoms with E-state index < -0.39 is 0 Å². The summed E-state index contributed by atoms with van der Waals surface area (Å²) in [5.74, 6) is 2.11. The van der Waals surface area contributed by atoms with E-state index in [2.05, 4.69) is 5.32 Å². The molecule has 0 saturated heterocycles. The lowest BCUT2D eigenvalue weighted by Gasteiger charge is -2.15. The summed E-state index contributed by atoms with van der Waals surface area (Å²) >= 11 is 1.86. The van der Waals surface area contributed by atoms with Crippen molar-refractivity contribution in [3.63, 3.8) is 0 Å². The Morgan fingerprint density at radius 3 is 2.79 bits per heavy atom. The molecule has 14 heavy (non-hydrogen) atoms. The van der Waals surface area contributed by atoms with Crippen LogP contribution < -0.4 is 5.32 Å². The quantitative estimate of drug-likeness (QED) is 0.549. The van der Waals surface area contributed by atoms with Crippen LogP contribution in [0.5, 0.6) is 0 Å². The van der Waals surface area contributed by atoms with Crippen LogP contribution in [-0.2, 0) is 0 Å². The Morgan fingerprint density at radius 2 is 2.14 bits per heavy atom. The van der Waals surface area contributed by atoms with E-state index in [0.29, 0.717) is 12.6 Å². The van der Waals surface area contributed by atoms with Gasteiger partial charge in [0, 0.05) is 24.9 Å². The molecule has 3 N–H and O–H groups in total. The maximum absolute atomic E-state index is 9.53. The van der Waals surface area contributed by atoms with Gasteiger partial charge in [0.25, 0.3) is 0 Å². The Labute approximate surface area is 90.3 Å². The molecule has 2 unspecified atom stereocenters. The molecule has 0 aromatic carbocycles. The number of nitrogens with one attached hydrogen (secondary N) is 1. The third-order valence-electron chi connectivity index (χ3n) is 2.58. The molecule has 0 aliphatic heterocycles. The van der Waals surface area contributed by atoms with Gasteiger partial charge in [-0.1, -0.05) is 0 Å². The van der Waals surface area contributed by atoms with Gasteiger partial charge in [-0.15, -0.1) is 0 Å². The fraction of sp³-hybridized carbons (Fsp3) is 1.00. The van der Waals surface area contributed by atoms with Crippen LogP contribution in [0.25, 0.3) is 0 Å². The number of hydrogen-bond donors (Lipinski definition) is 3. The Hall–Kier alpha value is 0.230. The van der Waals surface area contributed by atoms with Crippen LogP contribution in [0.2, 0.25) is 0 Å². The third kappa shape index (κ3) is 4.64. The minimum atomic E-state index is -0.127. The van der Waals surface area contributed by atoms with Gasteiger partial charge in [-0.25, -0.2) is 0 Å². The molecular weight excluding hydrogens is 198 g/mol. The molecule has 1 rings (SSSR count). The molecule has 0 aromatic heterocycles. The molecule has 0 radical (unpaired) electrons. The van der Waals surface area contributed by atoms with Crippen LogP contribution in [0.1, 0.15) is 25.7 Å². The Morgan fingerprint density at radius 1 is 1.29 bits per heavy atom. The molecule has 1 fully saturated rings. The first-order valence-corrected chi connectivity index (χ1v) is 6.60. The van der Waals surface area contributed by atoms with Gasteiger partial charge < -0.3 is 15.5 Å². The van der Waals surface area contributed by atoms with Gasteiger partial charge in [0.15, 0.2) is 0 Å². The summed E-state index contributed by atoms with van der Waals surface area (Å²) in [6.07, 6.45) is 3.97. The maximum atomic E-state index is 9.53. The van der Waals surface area contributed by atoms with Gasteiger partial charge >= 0.3 is 0 Å². The molecule has 0 bridgehead atoms. The lowest BCUT2D eigenvalue weighted by Crippen LogP contribution is -2.36. The molecule has 0 heterocycles. The van der Waals surface area contributed by atoms with Gasteiger partial charge in [0.1, 0.15) is 0 Å². The highest BCUT2D eigenvalue weighted by molar-refractivity contribution is 7.99. The minimum Gasteiger partial charge on any atom is -0.396 e. The molecule has 1 aliphatic carbocycles. The van der Waals surface area contributed by atoms with Crippen molar-refractivity contribution >= 4 is 11.8 Å². The van der Waals surface area contributed by atoms with Crippen molar-refractivity contribution in [2.45, 2.75) is 37.8 Å². The highest BCUT2D eigenvalue weighted by Gasteiger charge is 2.23. The predicted molar refractivity (Wildman–Crippen MR) is 60.7 cm³/mol. The van der Waals surface area contributed by atoms with Crippen molar-refractivity contribution in [3.8, 4) is 0 Å². The Bertz CT molecular complexity index is 146. The Balaban J connectivity index is 1.88. The van der Waals surface area contributed by atoms with E-state index >= 15 is 0 Å². The van der Waals surface area contributed by atoms with E-state index in [1.165, 1.54) is 0 Å². The zero-order chi connectivity index (χ0) is 10.2. The molecule has 4 heteroatoms. The van der Waals surface area contributed by atoms with Crippen LogP contribution in [0.4, 0.5) is 0 Å². The molecule has 1 aliphatic rings. The monoisotopic (exact) mass is 219 g/mol. The molecule has 3 nitrogen and oxygen atoms in total. The molecule has 84 valence electrons. The lowest BCUT2D eigenvalue weighted by molar-refractivity contribution is 0.150. The van der Waals surface area contributed by atoms with Crippen LogP contribution in [-0.4, -0.2) is 47.0 Å². The fourth-order valence-corrected chi connectivity index (χ4v) is 2.56.